The van der Waals surface area contributed by atoms with Gasteiger partial charge in [-0.15, -0.1) is 0 Å². The minimum atomic E-state index is -0.0988. The Labute approximate surface area is 144 Å². The molecule has 2 aromatic carbocycles. The zero-order chi connectivity index (χ0) is 17.0. The highest BCUT2D eigenvalue weighted by Gasteiger charge is 2.32. The zero-order valence-corrected chi connectivity index (χ0v) is 14.5. The summed E-state index contributed by atoms with van der Waals surface area (Å²) in [4.78, 5) is 11.5. The average molecular weight is 319 g/mol. The summed E-state index contributed by atoms with van der Waals surface area (Å²) in [5.41, 5.74) is 3.78. The normalized spacial score (nSPS) is 13.8. The highest BCUT2D eigenvalue weighted by atomic mass is 16.1. The van der Waals surface area contributed by atoms with Crippen molar-refractivity contribution in [2.45, 2.75) is 38.0 Å². The van der Waals surface area contributed by atoms with Crippen LogP contribution in [0.4, 0.5) is 0 Å². The van der Waals surface area contributed by atoms with E-state index in [-0.39, 0.29) is 5.41 Å². The molecule has 0 radical (unpaired) electrons. The molecule has 24 heavy (non-hydrogen) atoms. The van der Waals surface area contributed by atoms with Crippen molar-refractivity contribution in [3.8, 4) is 0 Å². The third-order valence-electron chi connectivity index (χ3n) is 5.35. The van der Waals surface area contributed by atoms with Crippen molar-refractivity contribution in [1.82, 2.24) is 4.57 Å². The van der Waals surface area contributed by atoms with E-state index in [1.54, 1.807) is 0 Å². The van der Waals surface area contributed by atoms with Crippen LogP contribution in [0.25, 0.3) is 10.9 Å². The maximum absolute atomic E-state index is 11.5. The topological polar surface area (TPSA) is 22.0 Å². The summed E-state index contributed by atoms with van der Waals surface area (Å²) >= 11 is 0. The molecule has 1 aromatic heterocycles. The zero-order valence-electron chi connectivity index (χ0n) is 14.5. The first kappa shape index (κ1) is 16.5. The lowest BCUT2D eigenvalue weighted by molar-refractivity contribution is -0.109. The molecule has 0 aliphatic heterocycles. The number of para-hydroxylation sites is 1. The maximum atomic E-state index is 11.5. The van der Waals surface area contributed by atoms with Gasteiger partial charge in [0.15, 0.2) is 0 Å². The van der Waals surface area contributed by atoms with Crippen LogP contribution in [0.15, 0.2) is 60.8 Å². The van der Waals surface area contributed by atoms with Crippen LogP contribution >= 0.6 is 0 Å². The molecule has 2 nitrogen and oxygen atoms in total. The second kappa shape index (κ2) is 7.04. The number of hydrogen-bond acceptors (Lipinski definition) is 1. The number of hydrogen-bond donors (Lipinski definition) is 0. The molecule has 1 heterocycles. The fraction of sp³-hybridized carbons (Fsp3) is 0.318. The first-order valence-corrected chi connectivity index (χ1v) is 8.72. The van der Waals surface area contributed by atoms with Crippen LogP contribution in [-0.4, -0.2) is 10.9 Å². The maximum Gasteiger partial charge on any atom is 0.120 e. The van der Waals surface area contributed by atoms with Crippen LogP contribution in [0.5, 0.6) is 0 Å². The molecule has 3 rings (SSSR count). The summed E-state index contributed by atoms with van der Waals surface area (Å²) in [5.74, 6) is 0. The van der Waals surface area contributed by atoms with E-state index in [4.69, 9.17) is 0 Å². The number of carbonyl (C=O) groups excluding carboxylic acids is 1. The van der Waals surface area contributed by atoms with Crippen molar-refractivity contribution < 1.29 is 4.79 Å². The Hall–Kier alpha value is -2.35. The van der Waals surface area contributed by atoms with Crippen LogP contribution in [-0.2, 0) is 23.7 Å². The van der Waals surface area contributed by atoms with Gasteiger partial charge in [0.1, 0.15) is 6.29 Å². The van der Waals surface area contributed by atoms with Crippen molar-refractivity contribution in [3.05, 3.63) is 71.9 Å². The van der Waals surface area contributed by atoms with E-state index >= 15 is 0 Å². The van der Waals surface area contributed by atoms with Gasteiger partial charge < -0.3 is 9.36 Å². The molecule has 124 valence electrons. The second-order valence-electron chi connectivity index (χ2n) is 6.66. The predicted octanol–water partition coefficient (Wildman–Crippen LogP) is 5.05. The fourth-order valence-electron chi connectivity index (χ4n) is 3.81. The van der Waals surface area contributed by atoms with Gasteiger partial charge in [-0.1, -0.05) is 55.5 Å². The molecule has 0 amide bonds. The molecular weight excluding hydrogens is 294 g/mol. The molecule has 1 atom stereocenters. The summed E-state index contributed by atoms with van der Waals surface area (Å²) in [6, 6.07) is 19.1. The van der Waals surface area contributed by atoms with Crippen LogP contribution < -0.4 is 0 Å². The number of aldehydes is 1. The largest absolute Gasteiger partial charge is 0.350 e. The number of carbonyl (C=O) groups is 1. The first-order chi connectivity index (χ1) is 11.7. The molecule has 0 spiro atoms. The number of rotatable bonds is 7. The molecule has 0 unspecified atom stereocenters. The van der Waals surface area contributed by atoms with E-state index in [2.05, 4.69) is 73.3 Å². The number of benzene rings is 2. The van der Waals surface area contributed by atoms with Crippen LogP contribution in [0, 0.1) is 0 Å². The molecule has 0 aliphatic carbocycles. The standard InChI is InChI=1S/C22H25NO/c1-3-22(15-16-24,14-13-18-9-5-4-6-10-18)20-17-23(2)21-12-8-7-11-19(20)21/h4-12,16-17H,3,13-15H2,1-2H3/t22-/m0/s1. The minimum Gasteiger partial charge on any atom is -0.350 e. The molecule has 0 fully saturated rings. The Bertz CT molecular complexity index is 818. The van der Waals surface area contributed by atoms with Crippen LogP contribution in [0.3, 0.4) is 0 Å². The third kappa shape index (κ3) is 3.01. The highest BCUT2D eigenvalue weighted by molar-refractivity contribution is 5.85. The van der Waals surface area contributed by atoms with Gasteiger partial charge in [-0.25, -0.2) is 0 Å². The van der Waals surface area contributed by atoms with E-state index in [1.165, 1.54) is 22.0 Å². The minimum absolute atomic E-state index is 0.0988. The predicted molar refractivity (Wildman–Crippen MR) is 100 cm³/mol. The van der Waals surface area contributed by atoms with Crippen molar-refractivity contribution in [3.63, 3.8) is 0 Å². The Kier molecular flexibility index (Phi) is 4.84. The van der Waals surface area contributed by atoms with Gasteiger partial charge in [0, 0.05) is 36.0 Å². The van der Waals surface area contributed by atoms with E-state index in [0.29, 0.717) is 6.42 Å². The summed E-state index contributed by atoms with van der Waals surface area (Å²) in [6.45, 7) is 2.20. The molecular formula is C22H25NO. The van der Waals surface area contributed by atoms with Gasteiger partial charge in [-0.3, -0.25) is 0 Å². The lowest BCUT2D eigenvalue weighted by Crippen LogP contribution is -2.26. The van der Waals surface area contributed by atoms with E-state index < -0.39 is 0 Å². The van der Waals surface area contributed by atoms with E-state index in [1.807, 2.05) is 6.07 Å². The summed E-state index contributed by atoms with van der Waals surface area (Å²) in [5, 5.41) is 1.27. The lowest BCUT2D eigenvalue weighted by atomic mass is 9.71. The second-order valence-corrected chi connectivity index (χ2v) is 6.66. The highest BCUT2D eigenvalue weighted by Crippen LogP contribution is 2.40. The molecule has 3 aromatic rings. The monoisotopic (exact) mass is 319 g/mol. The SMILES string of the molecule is CC[C@@](CC=O)(CCc1ccccc1)c1cn(C)c2ccccc12. The fourth-order valence-corrected chi connectivity index (χ4v) is 3.81. The molecule has 0 N–H and O–H groups in total. The van der Waals surface area contributed by atoms with Crippen LogP contribution in [0.1, 0.15) is 37.3 Å². The number of aryl methyl sites for hydroxylation is 2. The molecule has 0 saturated carbocycles. The Balaban J connectivity index is 2.02. The summed E-state index contributed by atoms with van der Waals surface area (Å²) in [6.07, 6.45) is 6.84. The van der Waals surface area contributed by atoms with Gasteiger partial charge >= 0.3 is 0 Å². The average Bonchev–Trinajstić information content (AvgIpc) is 2.97. The quantitative estimate of drug-likeness (QED) is 0.559. The molecule has 0 bridgehead atoms. The van der Waals surface area contributed by atoms with Crippen molar-refractivity contribution in [1.29, 1.82) is 0 Å². The van der Waals surface area contributed by atoms with Gasteiger partial charge in [0.2, 0.25) is 0 Å². The van der Waals surface area contributed by atoms with E-state index in [0.717, 1.165) is 25.5 Å². The Morgan fingerprint density at radius 2 is 1.75 bits per heavy atom. The summed E-state index contributed by atoms with van der Waals surface area (Å²) < 4.78 is 2.18. The number of aromatic nitrogens is 1. The Morgan fingerprint density at radius 3 is 2.46 bits per heavy atom. The number of fused-ring (bicyclic) bond motifs is 1. The van der Waals surface area contributed by atoms with Gasteiger partial charge in [-0.05, 0) is 36.5 Å². The van der Waals surface area contributed by atoms with Crippen LogP contribution in [0.2, 0.25) is 0 Å². The van der Waals surface area contributed by atoms with Gasteiger partial charge in [0.25, 0.3) is 0 Å². The van der Waals surface area contributed by atoms with Crippen molar-refractivity contribution in [2.24, 2.45) is 7.05 Å². The Morgan fingerprint density at radius 1 is 1.04 bits per heavy atom. The van der Waals surface area contributed by atoms with Gasteiger partial charge in [-0.2, -0.15) is 0 Å². The number of nitrogens with zero attached hydrogens (tertiary/aromatic N) is 1. The summed E-state index contributed by atoms with van der Waals surface area (Å²) in [7, 11) is 2.09. The lowest BCUT2D eigenvalue weighted by Gasteiger charge is -2.31. The molecule has 0 aliphatic rings. The molecule has 0 saturated heterocycles. The van der Waals surface area contributed by atoms with Crippen molar-refractivity contribution >= 4 is 17.2 Å². The third-order valence-corrected chi connectivity index (χ3v) is 5.35. The van der Waals surface area contributed by atoms with Gasteiger partial charge in [0.05, 0.1) is 0 Å². The molecule has 2 heteroatoms. The first-order valence-electron chi connectivity index (χ1n) is 8.72. The smallest absolute Gasteiger partial charge is 0.120 e. The van der Waals surface area contributed by atoms with E-state index in [9.17, 15) is 4.79 Å². The van der Waals surface area contributed by atoms with Crippen molar-refractivity contribution in [2.75, 3.05) is 0 Å².